The third kappa shape index (κ3) is 6.00. The second-order valence-electron chi connectivity index (χ2n) is 8.61. The molecule has 0 radical (unpaired) electrons. The average molecular weight is 532 g/mol. The second-order valence-corrected chi connectivity index (χ2v) is 10.5. The SMILES string of the molecule is CCCN(CC(=O)N1CCc2sccc2[C@@H]1COc1ccc(Cl)c(C)c1)C(=O)c1cccc(Cl)c1. The van der Waals surface area contributed by atoms with Gasteiger partial charge in [-0.2, -0.15) is 0 Å². The Hall–Kier alpha value is -2.54. The first kappa shape index (κ1) is 25.5. The van der Waals surface area contributed by atoms with Crippen molar-refractivity contribution in [1.82, 2.24) is 9.80 Å². The molecule has 0 bridgehead atoms. The molecule has 184 valence electrons. The summed E-state index contributed by atoms with van der Waals surface area (Å²) in [7, 11) is 0. The summed E-state index contributed by atoms with van der Waals surface area (Å²) in [6.07, 6.45) is 1.54. The lowest BCUT2D eigenvalue weighted by molar-refractivity contribution is -0.135. The van der Waals surface area contributed by atoms with Gasteiger partial charge in [-0.15, -0.1) is 11.3 Å². The lowest BCUT2D eigenvalue weighted by Gasteiger charge is -2.37. The lowest BCUT2D eigenvalue weighted by atomic mass is 10.00. The van der Waals surface area contributed by atoms with Gasteiger partial charge in [0.2, 0.25) is 5.91 Å². The maximum Gasteiger partial charge on any atom is 0.254 e. The highest BCUT2D eigenvalue weighted by Crippen LogP contribution is 2.34. The molecular formula is C27H28Cl2N2O3S. The van der Waals surface area contributed by atoms with Crippen LogP contribution in [-0.2, 0) is 11.2 Å². The van der Waals surface area contributed by atoms with Gasteiger partial charge in [0, 0.05) is 33.6 Å². The summed E-state index contributed by atoms with van der Waals surface area (Å²) in [6.45, 7) is 5.33. The molecular weight excluding hydrogens is 503 g/mol. The number of rotatable bonds is 8. The van der Waals surface area contributed by atoms with Crippen LogP contribution in [0.4, 0.5) is 0 Å². The van der Waals surface area contributed by atoms with Crippen LogP contribution in [0.5, 0.6) is 5.75 Å². The predicted molar refractivity (Wildman–Crippen MR) is 142 cm³/mol. The number of ether oxygens (including phenoxy) is 1. The van der Waals surface area contributed by atoms with Crippen molar-refractivity contribution >= 4 is 46.4 Å². The third-order valence-electron chi connectivity index (χ3n) is 6.13. The number of halogens is 2. The maximum atomic E-state index is 13.6. The topological polar surface area (TPSA) is 49.9 Å². The number of carbonyl (C=O) groups excluding carboxylic acids is 2. The van der Waals surface area contributed by atoms with Crippen molar-refractivity contribution in [2.24, 2.45) is 0 Å². The fourth-order valence-electron chi connectivity index (χ4n) is 4.34. The fraction of sp³-hybridized carbons (Fsp3) is 0.333. The molecule has 0 saturated carbocycles. The quantitative estimate of drug-likeness (QED) is 0.337. The van der Waals surface area contributed by atoms with Crippen molar-refractivity contribution in [2.75, 3.05) is 26.2 Å². The monoisotopic (exact) mass is 530 g/mol. The van der Waals surface area contributed by atoms with E-state index in [4.69, 9.17) is 27.9 Å². The van der Waals surface area contributed by atoms with E-state index in [1.165, 1.54) is 4.88 Å². The number of thiophene rings is 1. The lowest BCUT2D eigenvalue weighted by Crippen LogP contribution is -2.48. The molecule has 1 aromatic heterocycles. The zero-order valence-electron chi connectivity index (χ0n) is 19.8. The van der Waals surface area contributed by atoms with Gasteiger partial charge in [0.05, 0.1) is 6.04 Å². The van der Waals surface area contributed by atoms with Crippen LogP contribution in [-0.4, -0.2) is 47.9 Å². The molecule has 0 spiro atoms. The molecule has 8 heteroatoms. The zero-order valence-corrected chi connectivity index (χ0v) is 22.1. The van der Waals surface area contributed by atoms with E-state index < -0.39 is 0 Å². The number of hydrogen-bond acceptors (Lipinski definition) is 4. The Morgan fingerprint density at radius 2 is 2.00 bits per heavy atom. The van der Waals surface area contributed by atoms with Gasteiger partial charge >= 0.3 is 0 Å². The molecule has 0 unspecified atom stereocenters. The number of benzene rings is 2. The highest BCUT2D eigenvalue weighted by molar-refractivity contribution is 7.10. The molecule has 35 heavy (non-hydrogen) atoms. The molecule has 1 atom stereocenters. The van der Waals surface area contributed by atoms with Crippen molar-refractivity contribution in [3.05, 3.63) is 85.5 Å². The van der Waals surface area contributed by atoms with E-state index in [0.29, 0.717) is 41.1 Å². The van der Waals surface area contributed by atoms with E-state index in [9.17, 15) is 9.59 Å². The van der Waals surface area contributed by atoms with Gasteiger partial charge in [-0.1, -0.05) is 36.2 Å². The summed E-state index contributed by atoms with van der Waals surface area (Å²) in [6, 6.07) is 14.2. The highest BCUT2D eigenvalue weighted by atomic mass is 35.5. The molecule has 0 aliphatic carbocycles. The molecule has 1 aliphatic heterocycles. The number of amides is 2. The Kier molecular flexibility index (Phi) is 8.37. The van der Waals surface area contributed by atoms with Crippen LogP contribution in [0.3, 0.4) is 0 Å². The van der Waals surface area contributed by atoms with Crippen LogP contribution in [0.25, 0.3) is 0 Å². The van der Waals surface area contributed by atoms with Crippen LogP contribution in [0.15, 0.2) is 53.9 Å². The summed E-state index contributed by atoms with van der Waals surface area (Å²) < 4.78 is 6.13. The van der Waals surface area contributed by atoms with Gasteiger partial charge in [0.15, 0.2) is 0 Å². The number of carbonyl (C=O) groups is 2. The first-order chi connectivity index (χ1) is 16.9. The van der Waals surface area contributed by atoms with Crippen LogP contribution >= 0.6 is 34.5 Å². The van der Waals surface area contributed by atoms with Crippen molar-refractivity contribution in [3.8, 4) is 5.75 Å². The molecule has 4 rings (SSSR count). The molecule has 1 aliphatic rings. The Morgan fingerprint density at radius 3 is 2.74 bits per heavy atom. The van der Waals surface area contributed by atoms with Crippen LogP contribution < -0.4 is 4.74 Å². The minimum absolute atomic E-state index is 0.00914. The van der Waals surface area contributed by atoms with Gasteiger partial charge in [-0.3, -0.25) is 9.59 Å². The van der Waals surface area contributed by atoms with Crippen molar-refractivity contribution in [1.29, 1.82) is 0 Å². The molecule has 3 aromatic rings. The van der Waals surface area contributed by atoms with Gasteiger partial charge < -0.3 is 14.5 Å². The normalized spacial score (nSPS) is 15.0. The summed E-state index contributed by atoms with van der Waals surface area (Å²) in [5.74, 6) is 0.428. The molecule has 2 amide bonds. The Bertz CT molecular complexity index is 1210. The molecule has 5 nitrogen and oxygen atoms in total. The van der Waals surface area contributed by atoms with E-state index in [1.807, 2.05) is 36.9 Å². The van der Waals surface area contributed by atoms with Gasteiger partial charge in [0.25, 0.3) is 5.91 Å². The van der Waals surface area contributed by atoms with E-state index in [2.05, 4.69) is 11.4 Å². The van der Waals surface area contributed by atoms with Crippen LogP contribution in [0.1, 0.15) is 45.7 Å². The fourth-order valence-corrected chi connectivity index (χ4v) is 5.57. The highest BCUT2D eigenvalue weighted by Gasteiger charge is 2.33. The molecule has 0 fully saturated rings. The molecule has 0 N–H and O–H groups in total. The smallest absolute Gasteiger partial charge is 0.254 e. The minimum Gasteiger partial charge on any atom is -0.491 e. The van der Waals surface area contributed by atoms with Gasteiger partial charge in [0.1, 0.15) is 18.9 Å². The largest absolute Gasteiger partial charge is 0.491 e. The molecule has 0 saturated heterocycles. The Morgan fingerprint density at radius 1 is 1.17 bits per heavy atom. The summed E-state index contributed by atoms with van der Waals surface area (Å²) in [5, 5.41) is 3.24. The van der Waals surface area contributed by atoms with Crippen molar-refractivity contribution in [2.45, 2.75) is 32.7 Å². The summed E-state index contributed by atoms with van der Waals surface area (Å²) >= 11 is 14.0. The minimum atomic E-state index is -0.224. The van der Waals surface area contributed by atoms with E-state index in [0.717, 1.165) is 24.0 Å². The van der Waals surface area contributed by atoms with Gasteiger partial charge in [-0.25, -0.2) is 0 Å². The van der Waals surface area contributed by atoms with Crippen LogP contribution in [0.2, 0.25) is 10.0 Å². The Balaban J connectivity index is 1.52. The standard InChI is InChI=1S/C27H28Cl2N2O3S/c1-3-11-30(27(33)19-5-4-6-20(28)15-19)16-26(32)31-12-9-25-22(10-13-35-25)24(31)17-34-21-7-8-23(29)18(2)14-21/h4-8,10,13-15,24H,3,9,11-12,16-17H2,1-2H3/t24-/m0/s1. The zero-order chi connectivity index (χ0) is 24.9. The van der Waals surface area contributed by atoms with E-state index in [1.54, 1.807) is 40.5 Å². The van der Waals surface area contributed by atoms with Gasteiger partial charge in [-0.05, 0) is 78.7 Å². The van der Waals surface area contributed by atoms with E-state index >= 15 is 0 Å². The molecule has 2 heterocycles. The number of nitrogens with zero attached hydrogens (tertiary/aromatic N) is 2. The second kappa shape index (κ2) is 11.5. The van der Waals surface area contributed by atoms with Crippen LogP contribution in [0, 0.1) is 6.92 Å². The maximum absolute atomic E-state index is 13.6. The van der Waals surface area contributed by atoms with Crippen molar-refractivity contribution in [3.63, 3.8) is 0 Å². The van der Waals surface area contributed by atoms with E-state index in [-0.39, 0.29) is 24.4 Å². The Labute approximate surface area is 220 Å². The first-order valence-electron chi connectivity index (χ1n) is 11.7. The summed E-state index contributed by atoms with van der Waals surface area (Å²) in [5.41, 5.74) is 2.53. The molecule has 2 aromatic carbocycles. The number of fused-ring (bicyclic) bond motifs is 1. The first-order valence-corrected chi connectivity index (χ1v) is 13.3. The average Bonchev–Trinajstić information content (AvgIpc) is 3.33. The third-order valence-corrected chi connectivity index (χ3v) is 7.79. The number of aryl methyl sites for hydroxylation is 1. The number of hydrogen-bond donors (Lipinski definition) is 0. The predicted octanol–water partition coefficient (Wildman–Crippen LogP) is 6.42. The summed E-state index contributed by atoms with van der Waals surface area (Å²) in [4.78, 5) is 31.5. The van der Waals surface area contributed by atoms with Crippen molar-refractivity contribution < 1.29 is 14.3 Å².